The van der Waals surface area contributed by atoms with Crippen LogP contribution in [0.3, 0.4) is 0 Å². The van der Waals surface area contributed by atoms with Crippen LogP contribution in [0, 0.1) is 0 Å². The zero-order valence-corrected chi connectivity index (χ0v) is 15.1. The molecule has 2 aromatic heterocycles. The van der Waals surface area contributed by atoms with Crippen molar-refractivity contribution in [2.75, 3.05) is 12.3 Å². The van der Waals surface area contributed by atoms with Crippen molar-refractivity contribution < 1.29 is 9.59 Å². The van der Waals surface area contributed by atoms with Gasteiger partial charge in [0.2, 0.25) is 5.91 Å². The number of thiophene rings is 1. The number of hydrogen-bond donors (Lipinski definition) is 2. The summed E-state index contributed by atoms with van der Waals surface area (Å²) in [6, 6.07) is 9.51. The van der Waals surface area contributed by atoms with Crippen LogP contribution in [0.4, 0.5) is 4.79 Å². The number of fused-ring (bicyclic) bond motifs is 1. The summed E-state index contributed by atoms with van der Waals surface area (Å²) in [5, 5.41) is 8.54. The molecule has 0 radical (unpaired) electrons. The number of nitrogens with zero attached hydrogens (tertiary/aromatic N) is 2. The molecule has 0 unspecified atom stereocenters. The van der Waals surface area contributed by atoms with Crippen molar-refractivity contribution in [2.24, 2.45) is 0 Å². The highest BCUT2D eigenvalue weighted by Gasteiger charge is 2.15. The van der Waals surface area contributed by atoms with Gasteiger partial charge in [0.25, 0.3) is 0 Å². The maximum absolute atomic E-state index is 11.9. The topological polar surface area (TPSA) is 84.0 Å². The lowest BCUT2D eigenvalue weighted by Gasteiger charge is -2.06. The molecule has 0 saturated carbocycles. The number of hydrogen-bond acceptors (Lipinski definition) is 6. The van der Waals surface area contributed by atoms with E-state index in [1.807, 2.05) is 35.7 Å². The zero-order chi connectivity index (χ0) is 17.6. The van der Waals surface area contributed by atoms with E-state index in [2.05, 4.69) is 20.6 Å². The maximum atomic E-state index is 11.9. The zero-order valence-electron chi connectivity index (χ0n) is 13.5. The first-order chi connectivity index (χ1) is 12.2. The summed E-state index contributed by atoms with van der Waals surface area (Å²) in [5.41, 5.74) is 2.13. The molecule has 3 aromatic rings. The molecule has 0 aliphatic carbocycles. The number of amides is 3. The van der Waals surface area contributed by atoms with E-state index in [4.69, 9.17) is 0 Å². The van der Waals surface area contributed by atoms with Crippen LogP contribution in [0.15, 0.2) is 47.1 Å². The Balaban J connectivity index is 1.81. The Kier molecular flexibility index (Phi) is 5.62. The van der Waals surface area contributed by atoms with E-state index in [1.165, 1.54) is 18.1 Å². The van der Waals surface area contributed by atoms with Crippen molar-refractivity contribution in [1.29, 1.82) is 0 Å². The van der Waals surface area contributed by atoms with Crippen LogP contribution in [0.2, 0.25) is 0 Å². The highest BCUT2D eigenvalue weighted by Crippen LogP contribution is 2.37. The van der Waals surface area contributed by atoms with Gasteiger partial charge in [-0.25, -0.2) is 14.8 Å². The first-order valence-electron chi connectivity index (χ1n) is 7.67. The molecule has 25 heavy (non-hydrogen) atoms. The molecule has 3 amide bonds. The highest BCUT2D eigenvalue weighted by atomic mass is 32.2. The number of imide groups is 1. The standard InChI is InChI=1S/C17H16N4O2S2/c1-2-18-17(23)21-13(22)9-25-16-14-12(11-6-4-3-5-7-11)8-24-15(14)19-10-20-16/h3-8,10H,2,9H2,1H3,(H2,18,21,22,23). The fraction of sp³-hybridized carbons (Fsp3) is 0.176. The van der Waals surface area contributed by atoms with Crippen LogP contribution in [0.5, 0.6) is 0 Å². The number of rotatable bonds is 5. The van der Waals surface area contributed by atoms with Crippen molar-refractivity contribution in [3.8, 4) is 11.1 Å². The predicted molar refractivity (Wildman–Crippen MR) is 101 cm³/mol. The number of nitrogens with one attached hydrogen (secondary N) is 2. The molecule has 8 heteroatoms. The second-order valence-electron chi connectivity index (χ2n) is 5.07. The van der Waals surface area contributed by atoms with Gasteiger partial charge in [0.05, 0.1) is 11.1 Å². The van der Waals surface area contributed by atoms with E-state index >= 15 is 0 Å². The number of thioether (sulfide) groups is 1. The average molecular weight is 372 g/mol. The SMILES string of the molecule is CCNC(=O)NC(=O)CSc1ncnc2scc(-c3ccccc3)c12. The van der Waals surface area contributed by atoms with E-state index in [1.54, 1.807) is 18.3 Å². The van der Waals surface area contributed by atoms with Gasteiger partial charge in [-0.15, -0.1) is 11.3 Å². The van der Waals surface area contributed by atoms with Gasteiger partial charge in [-0.05, 0) is 12.5 Å². The summed E-state index contributed by atoms with van der Waals surface area (Å²) >= 11 is 2.84. The molecule has 128 valence electrons. The number of urea groups is 1. The predicted octanol–water partition coefficient (Wildman–Crippen LogP) is 3.30. The summed E-state index contributed by atoms with van der Waals surface area (Å²) in [6.07, 6.45) is 1.50. The third-order valence-electron chi connectivity index (χ3n) is 3.35. The lowest BCUT2D eigenvalue weighted by atomic mass is 10.1. The highest BCUT2D eigenvalue weighted by molar-refractivity contribution is 8.00. The van der Waals surface area contributed by atoms with Crippen molar-refractivity contribution in [2.45, 2.75) is 11.9 Å². The molecule has 0 fully saturated rings. The largest absolute Gasteiger partial charge is 0.338 e. The van der Waals surface area contributed by atoms with Gasteiger partial charge < -0.3 is 5.32 Å². The molecule has 0 spiro atoms. The molecule has 6 nitrogen and oxygen atoms in total. The van der Waals surface area contributed by atoms with Crippen LogP contribution in [-0.2, 0) is 4.79 Å². The third kappa shape index (κ3) is 4.15. The quantitative estimate of drug-likeness (QED) is 0.530. The van der Waals surface area contributed by atoms with E-state index < -0.39 is 6.03 Å². The van der Waals surface area contributed by atoms with Gasteiger partial charge in [0.15, 0.2) is 0 Å². The second kappa shape index (κ2) is 8.09. The number of carbonyl (C=O) groups is 2. The molecule has 0 atom stereocenters. The molecular formula is C17H16N4O2S2. The molecule has 2 N–H and O–H groups in total. The molecule has 1 aromatic carbocycles. The van der Waals surface area contributed by atoms with Crippen molar-refractivity contribution >= 4 is 45.3 Å². The van der Waals surface area contributed by atoms with Gasteiger partial charge in [-0.3, -0.25) is 10.1 Å². The molecule has 0 aliphatic heterocycles. The summed E-state index contributed by atoms with van der Waals surface area (Å²) in [5.74, 6) is -0.257. The fourth-order valence-electron chi connectivity index (χ4n) is 2.29. The summed E-state index contributed by atoms with van der Waals surface area (Å²) in [4.78, 5) is 32.8. The number of carbonyl (C=O) groups excluding carboxylic acids is 2. The Morgan fingerprint density at radius 3 is 2.76 bits per heavy atom. The van der Waals surface area contributed by atoms with Gasteiger partial charge in [-0.1, -0.05) is 42.1 Å². The van der Waals surface area contributed by atoms with Crippen LogP contribution in [0.25, 0.3) is 21.3 Å². The minimum Gasteiger partial charge on any atom is -0.338 e. The molecule has 0 saturated heterocycles. The van der Waals surface area contributed by atoms with Crippen LogP contribution in [-0.4, -0.2) is 34.2 Å². The minimum absolute atomic E-state index is 0.104. The van der Waals surface area contributed by atoms with Gasteiger partial charge in [0.1, 0.15) is 16.2 Å². The summed E-state index contributed by atoms with van der Waals surface area (Å²) in [7, 11) is 0. The van der Waals surface area contributed by atoms with Crippen molar-refractivity contribution in [3.05, 3.63) is 42.0 Å². The normalized spacial score (nSPS) is 10.6. The van der Waals surface area contributed by atoms with Crippen LogP contribution < -0.4 is 10.6 Å². The van der Waals surface area contributed by atoms with Crippen LogP contribution in [0.1, 0.15) is 6.92 Å². The van der Waals surface area contributed by atoms with E-state index in [9.17, 15) is 9.59 Å². The van der Waals surface area contributed by atoms with Crippen molar-refractivity contribution in [3.63, 3.8) is 0 Å². The third-order valence-corrected chi connectivity index (χ3v) is 5.23. The minimum atomic E-state index is -0.485. The summed E-state index contributed by atoms with van der Waals surface area (Å²) in [6.45, 7) is 2.26. The molecular weight excluding hydrogens is 356 g/mol. The lowest BCUT2D eigenvalue weighted by molar-refractivity contribution is -0.117. The van der Waals surface area contributed by atoms with E-state index in [-0.39, 0.29) is 11.7 Å². The first kappa shape index (κ1) is 17.4. The Morgan fingerprint density at radius 2 is 2.00 bits per heavy atom. The fourth-order valence-corrected chi connectivity index (χ4v) is 4.08. The van der Waals surface area contributed by atoms with E-state index in [0.717, 1.165) is 26.4 Å². The Labute approximate surface area is 153 Å². The van der Waals surface area contributed by atoms with Crippen LogP contribution >= 0.6 is 23.1 Å². The molecule has 0 bridgehead atoms. The van der Waals surface area contributed by atoms with Crippen molar-refractivity contribution in [1.82, 2.24) is 20.6 Å². The first-order valence-corrected chi connectivity index (χ1v) is 9.53. The van der Waals surface area contributed by atoms with Gasteiger partial charge >= 0.3 is 6.03 Å². The Bertz CT molecular complexity index is 896. The maximum Gasteiger partial charge on any atom is 0.321 e. The summed E-state index contributed by atoms with van der Waals surface area (Å²) < 4.78 is 0. The Morgan fingerprint density at radius 1 is 1.20 bits per heavy atom. The Hall–Kier alpha value is -2.45. The van der Waals surface area contributed by atoms with Gasteiger partial charge in [0, 0.05) is 17.5 Å². The molecule has 0 aliphatic rings. The molecule has 3 rings (SSSR count). The second-order valence-corrected chi connectivity index (χ2v) is 6.89. The van der Waals surface area contributed by atoms with E-state index in [0.29, 0.717) is 6.54 Å². The average Bonchev–Trinajstić information content (AvgIpc) is 3.05. The smallest absolute Gasteiger partial charge is 0.321 e. The van der Waals surface area contributed by atoms with Gasteiger partial charge in [-0.2, -0.15) is 0 Å². The number of aromatic nitrogens is 2. The lowest BCUT2D eigenvalue weighted by Crippen LogP contribution is -2.40. The monoisotopic (exact) mass is 372 g/mol. The molecule has 2 heterocycles. The number of benzene rings is 1.